The van der Waals surface area contributed by atoms with Gasteiger partial charge in [0.15, 0.2) is 5.69 Å². The molecule has 0 aliphatic heterocycles. The number of nitrogens with one attached hydrogen (secondary N) is 3. The third-order valence-electron chi connectivity index (χ3n) is 4.25. The number of para-hydroxylation sites is 1. The fourth-order valence-electron chi connectivity index (χ4n) is 2.97. The number of fused-ring (bicyclic) bond motifs is 3. The number of hydrazine groups is 1. The van der Waals surface area contributed by atoms with Crippen LogP contribution in [-0.4, -0.2) is 29.0 Å². The Balaban J connectivity index is 1.77. The lowest BCUT2D eigenvalue weighted by atomic mass is 10.1. The van der Waals surface area contributed by atoms with E-state index in [2.05, 4.69) is 20.8 Å². The summed E-state index contributed by atoms with van der Waals surface area (Å²) in [4.78, 5) is 32.1. The highest BCUT2D eigenvalue weighted by atomic mass is 19.1. The molecule has 4 rings (SSSR count). The van der Waals surface area contributed by atoms with Crippen LogP contribution >= 0.6 is 0 Å². The average molecular weight is 378 g/mol. The molecular weight excluding hydrogens is 363 g/mol. The first-order valence-electron chi connectivity index (χ1n) is 8.38. The molecule has 0 fully saturated rings. The molecule has 2 aromatic heterocycles. The van der Waals surface area contributed by atoms with E-state index in [1.807, 2.05) is 24.3 Å². The molecular formula is C20H15FN4O3. The van der Waals surface area contributed by atoms with Crippen molar-refractivity contribution in [2.45, 2.75) is 0 Å². The number of amides is 1. The van der Waals surface area contributed by atoms with Crippen LogP contribution in [-0.2, 0) is 4.74 Å². The predicted octanol–water partition coefficient (Wildman–Crippen LogP) is 3.40. The highest BCUT2D eigenvalue weighted by molar-refractivity contribution is 6.15. The van der Waals surface area contributed by atoms with Crippen molar-refractivity contribution in [3.05, 3.63) is 71.8 Å². The van der Waals surface area contributed by atoms with Crippen LogP contribution in [0.3, 0.4) is 0 Å². The number of aromatic amines is 1. The van der Waals surface area contributed by atoms with Crippen molar-refractivity contribution in [2.24, 2.45) is 0 Å². The van der Waals surface area contributed by atoms with E-state index in [1.165, 1.54) is 25.3 Å². The predicted molar refractivity (Wildman–Crippen MR) is 102 cm³/mol. The molecule has 0 saturated carbocycles. The molecule has 0 radical (unpaired) electrons. The maximum absolute atomic E-state index is 13.3. The SMILES string of the molecule is COC(=O)c1cc2c([nH]c3ccccc32)c(C(=O)NNc2cccc(F)c2)n1. The van der Waals surface area contributed by atoms with Gasteiger partial charge in [-0.1, -0.05) is 24.3 Å². The number of anilines is 1. The molecule has 2 heterocycles. The number of H-pyrrole nitrogens is 1. The number of ether oxygens (including phenoxy) is 1. The Morgan fingerprint density at radius 1 is 1.07 bits per heavy atom. The number of pyridine rings is 1. The standard InChI is InChI=1S/C20H15FN4O3/c1-28-20(27)16-10-14-13-7-2-3-8-15(13)22-17(14)18(23-16)19(26)25-24-12-6-4-5-11(21)9-12/h2-10,22,24H,1H3,(H,25,26). The van der Waals surface area contributed by atoms with Crippen molar-refractivity contribution in [3.63, 3.8) is 0 Å². The van der Waals surface area contributed by atoms with E-state index in [0.717, 1.165) is 10.9 Å². The molecule has 8 heteroatoms. The number of carbonyl (C=O) groups excluding carboxylic acids is 2. The number of methoxy groups -OCH3 is 1. The summed E-state index contributed by atoms with van der Waals surface area (Å²) in [6.07, 6.45) is 0. The van der Waals surface area contributed by atoms with E-state index < -0.39 is 17.7 Å². The Kier molecular flexibility index (Phi) is 4.36. The Hall–Kier alpha value is -3.94. The van der Waals surface area contributed by atoms with Crippen LogP contribution in [0.1, 0.15) is 21.0 Å². The number of halogens is 1. The molecule has 3 N–H and O–H groups in total. The van der Waals surface area contributed by atoms with E-state index >= 15 is 0 Å². The van der Waals surface area contributed by atoms with Gasteiger partial charge in [0.05, 0.1) is 18.3 Å². The second-order valence-electron chi connectivity index (χ2n) is 6.03. The third-order valence-corrected chi connectivity index (χ3v) is 4.25. The summed E-state index contributed by atoms with van der Waals surface area (Å²) >= 11 is 0. The lowest BCUT2D eigenvalue weighted by molar-refractivity contribution is 0.0594. The number of hydrogen-bond donors (Lipinski definition) is 3. The van der Waals surface area contributed by atoms with Gasteiger partial charge in [-0.15, -0.1) is 0 Å². The summed E-state index contributed by atoms with van der Waals surface area (Å²) in [5.41, 5.74) is 6.77. The Morgan fingerprint density at radius 3 is 2.68 bits per heavy atom. The fourth-order valence-corrected chi connectivity index (χ4v) is 2.97. The van der Waals surface area contributed by atoms with Gasteiger partial charge < -0.3 is 9.72 Å². The van der Waals surface area contributed by atoms with Crippen molar-refractivity contribution in [2.75, 3.05) is 12.5 Å². The smallest absolute Gasteiger partial charge is 0.356 e. The summed E-state index contributed by atoms with van der Waals surface area (Å²) in [5.74, 6) is -1.69. The summed E-state index contributed by atoms with van der Waals surface area (Å²) in [6, 6.07) is 14.7. The zero-order valence-corrected chi connectivity index (χ0v) is 14.7. The van der Waals surface area contributed by atoms with Crippen LogP contribution in [0.2, 0.25) is 0 Å². The first kappa shape index (κ1) is 17.5. The van der Waals surface area contributed by atoms with Crippen LogP contribution in [0.4, 0.5) is 10.1 Å². The van der Waals surface area contributed by atoms with E-state index in [9.17, 15) is 14.0 Å². The van der Waals surface area contributed by atoms with Gasteiger partial charge in [0, 0.05) is 16.3 Å². The fraction of sp³-hybridized carbons (Fsp3) is 0.0500. The highest BCUT2D eigenvalue weighted by Gasteiger charge is 2.20. The quantitative estimate of drug-likeness (QED) is 0.374. The molecule has 1 amide bonds. The maximum atomic E-state index is 13.3. The molecule has 140 valence electrons. The van der Waals surface area contributed by atoms with Crippen LogP contribution in [0.15, 0.2) is 54.6 Å². The molecule has 0 aliphatic carbocycles. The van der Waals surface area contributed by atoms with Crippen LogP contribution < -0.4 is 10.9 Å². The summed E-state index contributed by atoms with van der Waals surface area (Å²) in [6.45, 7) is 0. The number of benzene rings is 2. The minimum atomic E-state index is -0.653. The molecule has 28 heavy (non-hydrogen) atoms. The van der Waals surface area contributed by atoms with Gasteiger partial charge in [0.2, 0.25) is 0 Å². The summed E-state index contributed by atoms with van der Waals surface area (Å²) in [7, 11) is 1.24. The van der Waals surface area contributed by atoms with Crippen molar-refractivity contribution in [3.8, 4) is 0 Å². The van der Waals surface area contributed by atoms with Gasteiger partial charge in [-0.25, -0.2) is 14.2 Å². The number of aromatic nitrogens is 2. The molecule has 0 spiro atoms. The van der Waals surface area contributed by atoms with Crippen LogP contribution in [0, 0.1) is 5.82 Å². The number of carbonyl (C=O) groups is 2. The van der Waals surface area contributed by atoms with Gasteiger partial charge in [-0.05, 0) is 30.3 Å². The van der Waals surface area contributed by atoms with E-state index in [-0.39, 0.29) is 11.4 Å². The second kappa shape index (κ2) is 6.99. The normalized spacial score (nSPS) is 10.8. The lowest BCUT2D eigenvalue weighted by Crippen LogP contribution is -2.30. The van der Waals surface area contributed by atoms with Gasteiger partial charge in [-0.2, -0.15) is 0 Å². The first-order chi connectivity index (χ1) is 13.6. The Bertz CT molecular complexity index is 1220. The topological polar surface area (TPSA) is 96.1 Å². The molecule has 0 bridgehead atoms. The zero-order chi connectivity index (χ0) is 19.7. The molecule has 0 saturated heterocycles. The summed E-state index contributed by atoms with van der Waals surface area (Å²) < 4.78 is 18.1. The van der Waals surface area contributed by atoms with Gasteiger partial charge in [0.1, 0.15) is 11.5 Å². The Morgan fingerprint density at radius 2 is 1.89 bits per heavy atom. The maximum Gasteiger partial charge on any atom is 0.356 e. The van der Waals surface area contributed by atoms with Gasteiger partial charge in [-0.3, -0.25) is 15.6 Å². The molecule has 7 nitrogen and oxygen atoms in total. The monoisotopic (exact) mass is 378 g/mol. The Labute approximate surface area is 158 Å². The number of esters is 1. The second-order valence-corrected chi connectivity index (χ2v) is 6.03. The molecule has 0 atom stereocenters. The largest absolute Gasteiger partial charge is 0.464 e. The zero-order valence-electron chi connectivity index (χ0n) is 14.7. The van der Waals surface area contributed by atoms with E-state index in [1.54, 1.807) is 12.1 Å². The number of hydrogen-bond acceptors (Lipinski definition) is 5. The van der Waals surface area contributed by atoms with Crippen LogP contribution in [0.25, 0.3) is 21.8 Å². The minimum Gasteiger partial charge on any atom is -0.464 e. The molecule has 0 aliphatic rings. The summed E-state index contributed by atoms with van der Waals surface area (Å²) in [5, 5.41) is 1.51. The average Bonchev–Trinajstić information content (AvgIpc) is 3.09. The van der Waals surface area contributed by atoms with Crippen molar-refractivity contribution < 1.29 is 18.7 Å². The van der Waals surface area contributed by atoms with Crippen molar-refractivity contribution in [1.82, 2.24) is 15.4 Å². The first-order valence-corrected chi connectivity index (χ1v) is 8.38. The van der Waals surface area contributed by atoms with E-state index in [0.29, 0.717) is 16.6 Å². The minimum absolute atomic E-state index is 0.00987. The lowest BCUT2D eigenvalue weighted by Gasteiger charge is -2.10. The number of nitrogens with zero attached hydrogens (tertiary/aromatic N) is 1. The molecule has 4 aromatic rings. The molecule has 0 unspecified atom stereocenters. The van der Waals surface area contributed by atoms with Gasteiger partial charge in [0.25, 0.3) is 5.91 Å². The van der Waals surface area contributed by atoms with Crippen molar-refractivity contribution in [1.29, 1.82) is 0 Å². The van der Waals surface area contributed by atoms with Crippen LogP contribution in [0.5, 0.6) is 0 Å². The van der Waals surface area contributed by atoms with Crippen molar-refractivity contribution >= 4 is 39.4 Å². The van der Waals surface area contributed by atoms with E-state index in [4.69, 9.17) is 4.74 Å². The van der Waals surface area contributed by atoms with Gasteiger partial charge >= 0.3 is 5.97 Å². The third kappa shape index (κ3) is 3.11. The highest BCUT2D eigenvalue weighted by Crippen LogP contribution is 2.28. The molecule has 2 aromatic carbocycles. The number of rotatable bonds is 4.